The van der Waals surface area contributed by atoms with Crippen LogP contribution in [-0.4, -0.2) is 26.3 Å². The number of nitrogens with one attached hydrogen (secondary N) is 1. The second-order valence-corrected chi connectivity index (χ2v) is 4.27. The summed E-state index contributed by atoms with van der Waals surface area (Å²) in [5, 5.41) is 7.65. The van der Waals surface area contributed by atoms with Crippen LogP contribution in [0.2, 0.25) is 0 Å². The van der Waals surface area contributed by atoms with Crippen LogP contribution in [0.25, 0.3) is 5.82 Å². The van der Waals surface area contributed by atoms with Gasteiger partial charge in [-0.25, -0.2) is 14.6 Å². The van der Waals surface area contributed by atoms with Crippen LogP contribution in [0.4, 0.5) is 5.82 Å². The van der Waals surface area contributed by atoms with Crippen molar-refractivity contribution in [3.05, 3.63) is 29.8 Å². The van der Waals surface area contributed by atoms with Gasteiger partial charge in [0, 0.05) is 18.3 Å². The predicted octanol–water partition coefficient (Wildman–Crippen LogP) is 2.36. The fraction of sp³-hybridized carbons (Fsp3) is 0.462. The van der Waals surface area contributed by atoms with Crippen molar-refractivity contribution in [1.82, 2.24) is 19.7 Å². The highest BCUT2D eigenvalue weighted by Gasteiger charge is 2.11. The average molecular weight is 245 g/mol. The monoisotopic (exact) mass is 245 g/mol. The van der Waals surface area contributed by atoms with Gasteiger partial charge >= 0.3 is 0 Å². The van der Waals surface area contributed by atoms with Crippen LogP contribution in [0.5, 0.6) is 0 Å². The van der Waals surface area contributed by atoms with Crippen molar-refractivity contribution in [3.63, 3.8) is 0 Å². The molecule has 0 bridgehead atoms. The van der Waals surface area contributed by atoms with Crippen LogP contribution in [0.15, 0.2) is 18.7 Å². The Morgan fingerprint density at radius 2 is 2.11 bits per heavy atom. The van der Waals surface area contributed by atoms with E-state index in [1.165, 1.54) is 0 Å². The van der Waals surface area contributed by atoms with E-state index in [2.05, 4.69) is 34.2 Å². The second-order valence-electron chi connectivity index (χ2n) is 4.27. The Morgan fingerprint density at radius 3 is 2.72 bits per heavy atom. The molecule has 0 saturated heterocycles. The maximum absolute atomic E-state index is 4.35. The first-order valence-corrected chi connectivity index (χ1v) is 6.35. The van der Waals surface area contributed by atoms with Gasteiger partial charge in [-0.3, -0.25) is 0 Å². The van der Waals surface area contributed by atoms with Gasteiger partial charge < -0.3 is 5.32 Å². The Labute approximate surface area is 107 Å². The highest BCUT2D eigenvalue weighted by Crippen LogP contribution is 2.19. The Bertz CT molecular complexity index is 518. The van der Waals surface area contributed by atoms with E-state index < -0.39 is 0 Å². The summed E-state index contributed by atoms with van der Waals surface area (Å²) in [4.78, 5) is 8.67. The molecule has 2 heterocycles. The highest BCUT2D eigenvalue weighted by atomic mass is 15.3. The summed E-state index contributed by atoms with van der Waals surface area (Å²) in [6.07, 6.45) is 7.35. The molecular weight excluding hydrogens is 226 g/mol. The quantitative estimate of drug-likeness (QED) is 0.878. The molecule has 0 saturated carbocycles. The number of rotatable bonds is 5. The van der Waals surface area contributed by atoms with E-state index in [-0.39, 0.29) is 0 Å². The molecule has 0 fully saturated rings. The summed E-state index contributed by atoms with van der Waals surface area (Å²) >= 11 is 0. The Kier molecular flexibility index (Phi) is 3.92. The molecule has 0 amide bonds. The van der Waals surface area contributed by atoms with Crippen molar-refractivity contribution >= 4 is 5.82 Å². The average Bonchev–Trinajstić information content (AvgIpc) is 2.82. The fourth-order valence-corrected chi connectivity index (χ4v) is 1.85. The minimum atomic E-state index is 0.860. The minimum absolute atomic E-state index is 0.860. The number of hydrogen-bond acceptors (Lipinski definition) is 4. The predicted molar refractivity (Wildman–Crippen MR) is 72.0 cm³/mol. The zero-order chi connectivity index (χ0) is 13.0. The van der Waals surface area contributed by atoms with Crippen molar-refractivity contribution in [2.75, 3.05) is 11.9 Å². The van der Waals surface area contributed by atoms with Crippen molar-refractivity contribution in [2.45, 2.75) is 33.6 Å². The zero-order valence-corrected chi connectivity index (χ0v) is 11.1. The van der Waals surface area contributed by atoms with Crippen LogP contribution in [0.1, 0.15) is 31.4 Å². The van der Waals surface area contributed by atoms with Gasteiger partial charge in [0.1, 0.15) is 12.1 Å². The maximum Gasteiger partial charge on any atom is 0.161 e. The van der Waals surface area contributed by atoms with E-state index in [1.807, 2.05) is 24.0 Å². The molecule has 0 radical (unpaired) electrons. The Balaban J connectivity index is 2.41. The van der Waals surface area contributed by atoms with Gasteiger partial charge in [-0.1, -0.05) is 13.8 Å². The Morgan fingerprint density at radius 1 is 1.28 bits per heavy atom. The minimum Gasteiger partial charge on any atom is -0.370 e. The van der Waals surface area contributed by atoms with Crippen molar-refractivity contribution < 1.29 is 0 Å². The number of anilines is 1. The molecule has 2 aromatic rings. The van der Waals surface area contributed by atoms with Crippen LogP contribution >= 0.6 is 0 Å². The van der Waals surface area contributed by atoms with Gasteiger partial charge in [0.25, 0.3) is 0 Å². The fourth-order valence-electron chi connectivity index (χ4n) is 1.85. The van der Waals surface area contributed by atoms with Crippen LogP contribution in [0, 0.1) is 6.92 Å². The molecule has 0 atom stereocenters. The second kappa shape index (κ2) is 5.62. The maximum atomic E-state index is 4.35. The standard InChI is InChI=1S/C13H19N5/c1-4-6-14-12-11(5-2)13(16-9-15-12)18-8-10(3)7-17-18/h7-9H,4-6H2,1-3H3,(H,14,15,16). The highest BCUT2D eigenvalue weighted by molar-refractivity contribution is 5.51. The van der Waals surface area contributed by atoms with Gasteiger partial charge in [-0.05, 0) is 25.3 Å². The summed E-state index contributed by atoms with van der Waals surface area (Å²) < 4.78 is 1.81. The van der Waals surface area contributed by atoms with E-state index in [0.717, 1.165) is 42.1 Å². The van der Waals surface area contributed by atoms with Crippen LogP contribution < -0.4 is 5.32 Å². The molecule has 0 aliphatic heterocycles. The van der Waals surface area contributed by atoms with Crippen LogP contribution in [-0.2, 0) is 6.42 Å². The SMILES string of the molecule is CCCNc1ncnc(-n2cc(C)cn2)c1CC. The third kappa shape index (κ3) is 2.50. The molecule has 2 aromatic heterocycles. The summed E-state index contributed by atoms with van der Waals surface area (Å²) in [5.74, 6) is 1.77. The molecule has 0 aliphatic carbocycles. The zero-order valence-electron chi connectivity index (χ0n) is 11.1. The molecule has 18 heavy (non-hydrogen) atoms. The first kappa shape index (κ1) is 12.5. The van der Waals surface area contributed by atoms with E-state index in [4.69, 9.17) is 0 Å². The summed E-state index contributed by atoms with van der Waals surface area (Å²) in [5.41, 5.74) is 2.23. The van der Waals surface area contributed by atoms with Crippen LogP contribution in [0.3, 0.4) is 0 Å². The van der Waals surface area contributed by atoms with Gasteiger partial charge in [-0.2, -0.15) is 5.10 Å². The number of hydrogen-bond donors (Lipinski definition) is 1. The lowest BCUT2D eigenvalue weighted by atomic mass is 10.2. The van der Waals surface area contributed by atoms with E-state index in [0.29, 0.717) is 0 Å². The number of nitrogens with zero attached hydrogens (tertiary/aromatic N) is 4. The number of aromatic nitrogens is 4. The summed E-state index contributed by atoms with van der Waals surface area (Å²) in [6.45, 7) is 7.18. The first-order valence-electron chi connectivity index (χ1n) is 6.35. The van der Waals surface area contributed by atoms with Crippen molar-refractivity contribution in [3.8, 4) is 5.82 Å². The van der Waals surface area contributed by atoms with E-state index in [1.54, 1.807) is 6.33 Å². The lowest BCUT2D eigenvalue weighted by Gasteiger charge is -2.12. The normalized spacial score (nSPS) is 10.6. The largest absolute Gasteiger partial charge is 0.370 e. The lowest BCUT2D eigenvalue weighted by Crippen LogP contribution is -2.10. The van der Waals surface area contributed by atoms with Gasteiger partial charge in [-0.15, -0.1) is 0 Å². The topological polar surface area (TPSA) is 55.6 Å². The van der Waals surface area contributed by atoms with Gasteiger partial charge in [0.05, 0.1) is 6.20 Å². The third-order valence-electron chi connectivity index (χ3n) is 2.75. The summed E-state index contributed by atoms with van der Waals surface area (Å²) in [6, 6.07) is 0. The van der Waals surface area contributed by atoms with Gasteiger partial charge in [0.2, 0.25) is 0 Å². The molecule has 0 aromatic carbocycles. The molecule has 1 N–H and O–H groups in total. The number of aryl methyl sites for hydroxylation is 1. The molecular formula is C13H19N5. The summed E-state index contributed by atoms with van der Waals surface area (Å²) in [7, 11) is 0. The molecule has 96 valence electrons. The van der Waals surface area contributed by atoms with Crippen molar-refractivity contribution in [1.29, 1.82) is 0 Å². The van der Waals surface area contributed by atoms with E-state index >= 15 is 0 Å². The molecule has 0 unspecified atom stereocenters. The molecule has 5 nitrogen and oxygen atoms in total. The molecule has 2 rings (SSSR count). The molecule has 0 spiro atoms. The smallest absolute Gasteiger partial charge is 0.161 e. The third-order valence-corrected chi connectivity index (χ3v) is 2.75. The molecule has 5 heteroatoms. The van der Waals surface area contributed by atoms with Gasteiger partial charge in [0.15, 0.2) is 5.82 Å². The van der Waals surface area contributed by atoms with Crippen molar-refractivity contribution in [2.24, 2.45) is 0 Å². The molecule has 0 aliphatic rings. The van der Waals surface area contributed by atoms with E-state index in [9.17, 15) is 0 Å². The first-order chi connectivity index (χ1) is 8.76. The Hall–Kier alpha value is -1.91. The lowest BCUT2D eigenvalue weighted by molar-refractivity contribution is 0.816.